The summed E-state index contributed by atoms with van der Waals surface area (Å²) >= 11 is 0. The number of nitro benzene ring substituents is 1. The second-order valence-corrected chi connectivity index (χ2v) is 9.07. The molecular weight excluding hydrogens is 452 g/mol. The third-order valence-corrected chi connectivity index (χ3v) is 6.11. The summed E-state index contributed by atoms with van der Waals surface area (Å²) in [6.45, 7) is 2.44. The van der Waals surface area contributed by atoms with Crippen LogP contribution >= 0.6 is 0 Å². The third kappa shape index (κ3) is 6.73. The van der Waals surface area contributed by atoms with E-state index in [0.29, 0.717) is 12.1 Å². The molecule has 33 heavy (non-hydrogen) atoms. The summed E-state index contributed by atoms with van der Waals surface area (Å²) in [6.07, 6.45) is 0.701. The topological polar surface area (TPSA) is 148 Å². The summed E-state index contributed by atoms with van der Waals surface area (Å²) in [7, 11) is -1.06. The summed E-state index contributed by atoms with van der Waals surface area (Å²) in [4.78, 5) is 35.8. The van der Waals surface area contributed by atoms with Gasteiger partial charge in [-0.05, 0) is 36.6 Å². The summed E-state index contributed by atoms with van der Waals surface area (Å²) in [5.74, 6) is -1.54. The summed E-state index contributed by atoms with van der Waals surface area (Å²) in [5, 5.41) is 14.0. The van der Waals surface area contributed by atoms with Crippen molar-refractivity contribution in [2.75, 3.05) is 37.5 Å². The van der Waals surface area contributed by atoms with E-state index in [9.17, 15) is 28.1 Å². The predicted molar refractivity (Wildman–Crippen MR) is 123 cm³/mol. The highest BCUT2D eigenvalue weighted by atomic mass is 32.2. The number of benzene rings is 2. The Kier molecular flexibility index (Phi) is 8.49. The van der Waals surface area contributed by atoms with E-state index in [1.165, 1.54) is 17.0 Å². The molecule has 2 aromatic carbocycles. The smallest absolute Gasteiger partial charge is 0.321 e. The van der Waals surface area contributed by atoms with Crippen LogP contribution in [0.25, 0.3) is 0 Å². The van der Waals surface area contributed by atoms with Crippen LogP contribution in [0.2, 0.25) is 0 Å². The first-order valence-electron chi connectivity index (χ1n) is 9.95. The number of nitrogens with one attached hydrogen (secondary N) is 2. The summed E-state index contributed by atoms with van der Waals surface area (Å²) in [5.41, 5.74) is 2.26. The van der Waals surface area contributed by atoms with Gasteiger partial charge in [0.25, 0.3) is 11.6 Å². The monoisotopic (exact) mass is 478 g/mol. The first-order valence-corrected chi connectivity index (χ1v) is 11.4. The van der Waals surface area contributed by atoms with Crippen molar-refractivity contribution < 1.29 is 27.7 Å². The van der Waals surface area contributed by atoms with Gasteiger partial charge in [-0.15, -0.1) is 0 Å². The number of hydrogen-bond acceptors (Lipinski definition) is 8. The average molecular weight is 479 g/mol. The van der Waals surface area contributed by atoms with Gasteiger partial charge in [0.15, 0.2) is 6.61 Å². The van der Waals surface area contributed by atoms with Crippen molar-refractivity contribution >= 4 is 39.0 Å². The Bertz CT molecular complexity index is 1160. The molecule has 0 heterocycles. The van der Waals surface area contributed by atoms with Gasteiger partial charge in [0.05, 0.1) is 9.82 Å². The zero-order valence-electron chi connectivity index (χ0n) is 18.7. The van der Waals surface area contributed by atoms with Crippen molar-refractivity contribution in [1.82, 2.24) is 4.72 Å². The highest BCUT2D eigenvalue weighted by Crippen LogP contribution is 2.29. The number of nitrogens with zero attached hydrogens (tertiary/aromatic N) is 2. The van der Waals surface area contributed by atoms with Crippen molar-refractivity contribution in [3.05, 3.63) is 57.6 Å². The zero-order valence-corrected chi connectivity index (χ0v) is 19.6. The fourth-order valence-corrected chi connectivity index (χ4v) is 4.00. The molecule has 0 atom stereocenters. The Morgan fingerprint density at radius 3 is 2.48 bits per heavy atom. The minimum absolute atomic E-state index is 0.226. The quantitative estimate of drug-likeness (QED) is 0.299. The van der Waals surface area contributed by atoms with Crippen molar-refractivity contribution in [1.29, 1.82) is 0 Å². The first kappa shape index (κ1) is 25.7. The standard InChI is InChI=1S/C21H26N4O7S/c1-5-15-8-6-7-14(2)21(15)23-19(26)13-32-20(27)12-22-33(30,31)16-9-10-17(24(3)4)18(11-16)25(28)29/h6-11,22H,5,12-13H2,1-4H3,(H,23,26). The molecule has 11 nitrogen and oxygen atoms in total. The molecule has 0 saturated heterocycles. The molecule has 178 valence electrons. The Morgan fingerprint density at radius 2 is 1.88 bits per heavy atom. The minimum atomic E-state index is -4.23. The van der Waals surface area contributed by atoms with Crippen LogP contribution in [0.15, 0.2) is 41.3 Å². The molecule has 0 aliphatic carbocycles. The van der Waals surface area contributed by atoms with Gasteiger partial charge >= 0.3 is 5.97 Å². The Morgan fingerprint density at radius 1 is 1.18 bits per heavy atom. The Labute approximate surface area is 191 Å². The van der Waals surface area contributed by atoms with Gasteiger partial charge < -0.3 is 15.0 Å². The maximum atomic E-state index is 12.4. The number of amides is 1. The largest absolute Gasteiger partial charge is 0.455 e. The average Bonchev–Trinajstić information content (AvgIpc) is 2.77. The number of aryl methyl sites for hydroxylation is 2. The van der Waals surface area contributed by atoms with Crippen LogP contribution in [0, 0.1) is 17.0 Å². The molecule has 2 aromatic rings. The molecule has 0 bridgehead atoms. The second kappa shape index (κ2) is 10.9. The van der Waals surface area contributed by atoms with Crippen LogP contribution in [0.5, 0.6) is 0 Å². The SMILES string of the molecule is CCc1cccc(C)c1NC(=O)COC(=O)CNS(=O)(=O)c1ccc(N(C)C)c([N+](=O)[O-])c1. The number of hydrogen-bond donors (Lipinski definition) is 2. The number of rotatable bonds is 10. The van der Waals surface area contributed by atoms with E-state index in [1.54, 1.807) is 14.1 Å². The number of nitro groups is 1. The number of carbonyl (C=O) groups excluding carboxylic acids is 2. The molecule has 2 rings (SSSR count). The van der Waals surface area contributed by atoms with Gasteiger partial charge in [-0.3, -0.25) is 19.7 Å². The summed E-state index contributed by atoms with van der Waals surface area (Å²) in [6, 6.07) is 8.98. The first-order chi connectivity index (χ1) is 15.5. The molecule has 0 fully saturated rings. The molecule has 0 aromatic heterocycles. The predicted octanol–water partition coefficient (Wildman–Crippen LogP) is 1.99. The maximum Gasteiger partial charge on any atom is 0.321 e. The maximum absolute atomic E-state index is 12.4. The number of anilines is 2. The van der Waals surface area contributed by atoms with E-state index in [1.807, 2.05) is 36.8 Å². The molecule has 0 radical (unpaired) electrons. The van der Waals surface area contributed by atoms with Gasteiger partial charge in [0.1, 0.15) is 12.2 Å². The Balaban J connectivity index is 1.97. The number of ether oxygens (including phenoxy) is 1. The van der Waals surface area contributed by atoms with Crippen molar-refractivity contribution in [2.24, 2.45) is 0 Å². The Hall–Kier alpha value is -3.51. The van der Waals surface area contributed by atoms with E-state index in [2.05, 4.69) is 5.32 Å². The van der Waals surface area contributed by atoms with Crippen molar-refractivity contribution in [3.8, 4) is 0 Å². The minimum Gasteiger partial charge on any atom is -0.455 e. The van der Waals surface area contributed by atoms with Gasteiger partial charge in [-0.25, -0.2) is 8.42 Å². The third-order valence-electron chi connectivity index (χ3n) is 4.71. The van der Waals surface area contributed by atoms with E-state index >= 15 is 0 Å². The van der Waals surface area contributed by atoms with Gasteiger partial charge in [0.2, 0.25) is 10.0 Å². The molecule has 2 N–H and O–H groups in total. The summed E-state index contributed by atoms with van der Waals surface area (Å²) < 4.78 is 31.8. The van der Waals surface area contributed by atoms with Crippen molar-refractivity contribution in [3.63, 3.8) is 0 Å². The van der Waals surface area contributed by atoms with Crippen molar-refractivity contribution in [2.45, 2.75) is 25.2 Å². The van der Waals surface area contributed by atoms with Crippen LogP contribution in [0.1, 0.15) is 18.1 Å². The lowest BCUT2D eigenvalue weighted by Crippen LogP contribution is -2.32. The zero-order chi connectivity index (χ0) is 24.8. The molecular formula is C21H26N4O7S. The van der Waals surface area contributed by atoms with Gasteiger partial charge in [0, 0.05) is 25.8 Å². The van der Waals surface area contributed by atoms with Crippen LogP contribution in [0.3, 0.4) is 0 Å². The molecule has 1 amide bonds. The van der Waals surface area contributed by atoms with E-state index in [0.717, 1.165) is 17.2 Å². The number of para-hydroxylation sites is 1. The molecule has 0 spiro atoms. The van der Waals surface area contributed by atoms with E-state index in [4.69, 9.17) is 4.74 Å². The number of sulfonamides is 1. The highest BCUT2D eigenvalue weighted by molar-refractivity contribution is 7.89. The lowest BCUT2D eigenvalue weighted by atomic mass is 10.1. The van der Waals surface area contributed by atoms with Gasteiger partial charge in [-0.1, -0.05) is 25.1 Å². The molecule has 0 saturated carbocycles. The fourth-order valence-electron chi connectivity index (χ4n) is 3.01. The van der Waals surface area contributed by atoms with Crippen LogP contribution in [-0.2, 0) is 30.8 Å². The molecule has 0 aliphatic rings. The van der Waals surface area contributed by atoms with Crippen LogP contribution < -0.4 is 14.9 Å². The molecule has 12 heteroatoms. The number of carbonyl (C=O) groups is 2. The number of esters is 1. The highest BCUT2D eigenvalue weighted by Gasteiger charge is 2.23. The van der Waals surface area contributed by atoms with Crippen LogP contribution in [0.4, 0.5) is 17.1 Å². The van der Waals surface area contributed by atoms with Gasteiger partial charge in [-0.2, -0.15) is 4.72 Å². The normalized spacial score (nSPS) is 11.0. The fraction of sp³-hybridized carbons (Fsp3) is 0.333. The second-order valence-electron chi connectivity index (χ2n) is 7.30. The molecule has 0 unspecified atom stereocenters. The lowest BCUT2D eigenvalue weighted by Gasteiger charge is -2.14. The van der Waals surface area contributed by atoms with E-state index in [-0.39, 0.29) is 10.6 Å². The lowest BCUT2D eigenvalue weighted by molar-refractivity contribution is -0.384. The van der Waals surface area contributed by atoms with E-state index < -0.39 is 45.7 Å². The van der Waals surface area contributed by atoms with Crippen LogP contribution in [-0.4, -0.2) is 52.5 Å². The molecule has 0 aliphatic heterocycles.